The standard InChI is InChI=1S/C16H19N5/c1-13-15(14-6-4-3-5-7-14)12-18-16(21(13)17)20-10-8-19(2)9-11-20/h3-4,6,12H,1,8-11,17H2,2H3. The molecule has 0 spiro atoms. The first-order valence-corrected chi connectivity index (χ1v) is 7.01. The Kier molecular flexibility index (Phi) is 3.65. The third-order valence-corrected chi connectivity index (χ3v) is 3.85. The van der Waals surface area contributed by atoms with Gasteiger partial charge in [-0.05, 0) is 19.2 Å². The van der Waals surface area contributed by atoms with Crippen LogP contribution in [-0.4, -0.2) is 54.0 Å². The van der Waals surface area contributed by atoms with Crippen molar-refractivity contribution in [2.75, 3.05) is 33.2 Å². The van der Waals surface area contributed by atoms with Crippen LogP contribution >= 0.6 is 0 Å². The molecule has 0 bridgehead atoms. The van der Waals surface area contributed by atoms with Crippen LogP contribution in [0.1, 0.15) is 5.56 Å². The van der Waals surface area contributed by atoms with E-state index in [4.69, 9.17) is 5.84 Å². The van der Waals surface area contributed by atoms with Crippen molar-refractivity contribution < 1.29 is 0 Å². The summed E-state index contributed by atoms with van der Waals surface area (Å²) in [4.78, 5) is 9.03. The van der Waals surface area contributed by atoms with E-state index in [9.17, 15) is 0 Å². The predicted octanol–water partition coefficient (Wildman–Crippen LogP) is 0.934. The van der Waals surface area contributed by atoms with Crippen molar-refractivity contribution >= 4 is 11.5 Å². The topological polar surface area (TPSA) is 48.1 Å². The van der Waals surface area contributed by atoms with Crippen LogP contribution in [0.2, 0.25) is 0 Å². The summed E-state index contributed by atoms with van der Waals surface area (Å²) in [7, 11) is 2.12. The number of nitrogens with zero attached hydrogens (tertiary/aromatic N) is 4. The van der Waals surface area contributed by atoms with Crippen LogP contribution in [0.25, 0.3) is 5.57 Å². The van der Waals surface area contributed by atoms with Crippen molar-refractivity contribution in [1.29, 1.82) is 0 Å². The molecule has 1 fully saturated rings. The molecule has 2 N–H and O–H groups in total. The Morgan fingerprint density at radius 2 is 2.05 bits per heavy atom. The second-order valence-electron chi connectivity index (χ2n) is 5.29. The predicted molar refractivity (Wildman–Crippen MR) is 83.8 cm³/mol. The third kappa shape index (κ3) is 2.64. The lowest BCUT2D eigenvalue weighted by Gasteiger charge is -2.39. The van der Waals surface area contributed by atoms with Gasteiger partial charge in [0.2, 0.25) is 5.96 Å². The second kappa shape index (κ2) is 5.60. The molecule has 0 radical (unpaired) electrons. The molecule has 5 nitrogen and oxygen atoms in total. The molecule has 1 saturated heterocycles. The summed E-state index contributed by atoms with van der Waals surface area (Å²) in [6.45, 7) is 7.96. The lowest BCUT2D eigenvalue weighted by molar-refractivity contribution is 0.201. The minimum absolute atomic E-state index is 0.731. The molecule has 2 heterocycles. The molecule has 1 aromatic rings. The number of hydrazine groups is 1. The zero-order chi connectivity index (χ0) is 14.8. The molecule has 2 aliphatic rings. The maximum atomic E-state index is 6.20. The molecule has 3 rings (SSSR count). The van der Waals surface area contributed by atoms with E-state index in [2.05, 4.69) is 40.6 Å². The Bertz CT molecular complexity index is 582. The molecule has 1 aromatic carbocycles. The van der Waals surface area contributed by atoms with E-state index >= 15 is 0 Å². The molecule has 0 unspecified atom stereocenters. The minimum atomic E-state index is 0.731. The highest BCUT2D eigenvalue weighted by Gasteiger charge is 2.26. The van der Waals surface area contributed by atoms with Crippen molar-refractivity contribution in [3.05, 3.63) is 54.4 Å². The van der Waals surface area contributed by atoms with Gasteiger partial charge in [0.15, 0.2) is 0 Å². The summed E-state index contributed by atoms with van der Waals surface area (Å²) in [6, 6.07) is 11.7. The van der Waals surface area contributed by atoms with Gasteiger partial charge in [-0.15, -0.1) is 0 Å². The monoisotopic (exact) mass is 281 g/mol. The van der Waals surface area contributed by atoms with Crippen molar-refractivity contribution in [2.45, 2.75) is 0 Å². The number of aliphatic imine (C=N–C) groups is 1. The molecule has 0 saturated carbocycles. The highest BCUT2D eigenvalue weighted by atomic mass is 15.5. The van der Waals surface area contributed by atoms with Gasteiger partial charge >= 0.3 is 0 Å². The summed E-state index contributed by atoms with van der Waals surface area (Å²) in [6.07, 6.45) is 1.82. The molecule has 21 heavy (non-hydrogen) atoms. The Balaban J connectivity index is 1.86. The van der Waals surface area contributed by atoms with E-state index in [0.717, 1.165) is 49.0 Å². The maximum absolute atomic E-state index is 6.20. The highest BCUT2D eigenvalue weighted by molar-refractivity contribution is 5.92. The first-order chi connectivity index (χ1) is 10.2. The lowest BCUT2D eigenvalue weighted by Crippen LogP contribution is -2.54. The van der Waals surface area contributed by atoms with Gasteiger partial charge in [0, 0.05) is 43.5 Å². The SMILES string of the molecule is C=C1C(c2c#cccc2)=CN=C(N2CCN(C)CC2)N1N. The highest BCUT2D eigenvalue weighted by Crippen LogP contribution is 2.26. The molecule has 0 aromatic heterocycles. The molecular weight excluding hydrogens is 262 g/mol. The number of likely N-dealkylation sites (N-methyl/N-ethyl adjacent to an activating group) is 1. The van der Waals surface area contributed by atoms with Crippen molar-refractivity contribution in [1.82, 2.24) is 14.8 Å². The van der Waals surface area contributed by atoms with Gasteiger partial charge in [-0.25, -0.2) is 15.8 Å². The fraction of sp³-hybridized carbons (Fsp3) is 0.312. The fourth-order valence-electron chi connectivity index (χ4n) is 2.49. The van der Waals surface area contributed by atoms with E-state index in [0.29, 0.717) is 0 Å². The third-order valence-electron chi connectivity index (χ3n) is 3.85. The zero-order valence-corrected chi connectivity index (χ0v) is 12.2. The van der Waals surface area contributed by atoms with Crippen molar-refractivity contribution in [3.63, 3.8) is 0 Å². The number of rotatable bonds is 1. The molecule has 0 aliphatic carbocycles. The number of nitrogens with two attached hydrogens (primary N) is 1. The van der Waals surface area contributed by atoms with E-state index in [1.807, 2.05) is 24.4 Å². The van der Waals surface area contributed by atoms with Crippen molar-refractivity contribution in [3.8, 4) is 0 Å². The Morgan fingerprint density at radius 1 is 1.29 bits per heavy atom. The average molecular weight is 281 g/mol. The maximum Gasteiger partial charge on any atom is 0.220 e. The van der Waals surface area contributed by atoms with Crippen LogP contribution in [-0.2, 0) is 0 Å². The van der Waals surface area contributed by atoms with Gasteiger partial charge < -0.3 is 9.80 Å². The lowest BCUT2D eigenvalue weighted by atomic mass is 10.1. The molecular formula is C16H19N5. The second-order valence-corrected chi connectivity index (χ2v) is 5.29. The van der Waals surface area contributed by atoms with Crippen LogP contribution in [0, 0.1) is 12.1 Å². The fourth-order valence-corrected chi connectivity index (χ4v) is 2.49. The van der Waals surface area contributed by atoms with Gasteiger partial charge in [0.05, 0.1) is 5.70 Å². The first kappa shape index (κ1) is 13.7. The Labute approximate surface area is 125 Å². The summed E-state index contributed by atoms with van der Waals surface area (Å²) in [5.41, 5.74) is 2.51. The normalized spacial score (nSPS) is 20.0. The summed E-state index contributed by atoms with van der Waals surface area (Å²) < 4.78 is 0. The van der Waals surface area contributed by atoms with Gasteiger partial charge in [-0.3, -0.25) is 0 Å². The Morgan fingerprint density at radius 3 is 2.71 bits per heavy atom. The van der Waals surface area contributed by atoms with Crippen molar-refractivity contribution in [2.24, 2.45) is 10.8 Å². The number of guanidine groups is 1. The minimum Gasteiger partial charge on any atom is -0.339 e. The quantitative estimate of drug-likeness (QED) is 0.778. The number of hydrogen-bond donors (Lipinski definition) is 1. The first-order valence-electron chi connectivity index (χ1n) is 7.01. The number of allylic oxidation sites excluding steroid dienone is 1. The molecule has 2 aliphatic heterocycles. The van der Waals surface area contributed by atoms with Crippen LogP contribution in [0.3, 0.4) is 0 Å². The number of hydrogen-bond acceptors (Lipinski definition) is 5. The summed E-state index contributed by atoms with van der Waals surface area (Å²) in [5.74, 6) is 6.96. The average Bonchev–Trinajstić information content (AvgIpc) is 2.52. The van der Waals surface area contributed by atoms with E-state index in [1.165, 1.54) is 0 Å². The molecule has 0 atom stereocenters. The smallest absolute Gasteiger partial charge is 0.220 e. The van der Waals surface area contributed by atoms with Crippen LogP contribution < -0.4 is 5.84 Å². The van der Waals surface area contributed by atoms with Gasteiger partial charge in [0.25, 0.3) is 0 Å². The van der Waals surface area contributed by atoms with Gasteiger partial charge in [-0.1, -0.05) is 24.8 Å². The summed E-state index contributed by atoms with van der Waals surface area (Å²) in [5, 5.41) is 1.57. The van der Waals surface area contributed by atoms with Crippen LogP contribution in [0.15, 0.2) is 41.7 Å². The van der Waals surface area contributed by atoms with Crippen LogP contribution in [0.4, 0.5) is 0 Å². The van der Waals surface area contributed by atoms with Gasteiger partial charge in [0.1, 0.15) is 0 Å². The largest absolute Gasteiger partial charge is 0.339 e. The Hall–Kier alpha value is -2.29. The zero-order valence-electron chi connectivity index (χ0n) is 12.2. The van der Waals surface area contributed by atoms with E-state index in [-0.39, 0.29) is 0 Å². The number of piperazine rings is 1. The molecule has 0 amide bonds. The van der Waals surface area contributed by atoms with E-state index < -0.39 is 0 Å². The van der Waals surface area contributed by atoms with Gasteiger partial charge in [-0.2, -0.15) is 0 Å². The van der Waals surface area contributed by atoms with Crippen LogP contribution in [0.5, 0.6) is 0 Å². The summed E-state index contributed by atoms with van der Waals surface area (Å²) >= 11 is 0. The van der Waals surface area contributed by atoms with E-state index in [1.54, 1.807) is 5.01 Å². The molecule has 5 heteroatoms. The molecule has 108 valence electrons.